The molecule has 0 amide bonds. The summed E-state index contributed by atoms with van der Waals surface area (Å²) in [4.78, 5) is 0.138. The van der Waals surface area contributed by atoms with E-state index in [9.17, 15) is 8.42 Å². The summed E-state index contributed by atoms with van der Waals surface area (Å²) in [5, 5.41) is 8.09. The van der Waals surface area contributed by atoms with Crippen LogP contribution in [0.25, 0.3) is 0 Å². The third kappa shape index (κ3) is 3.01. The molecule has 0 saturated heterocycles. The monoisotopic (exact) mass is 214 g/mol. The second-order valence-corrected chi connectivity index (χ2v) is 4.56. The standard InChI is InChI=1S/C9H14N2O2S/c1-2-6-11-8-4-3-5-9(7-8)14(10,12)13/h3-5,7,11H,2,6H2,1H3,(H2,10,12,13). The molecule has 0 aromatic heterocycles. The summed E-state index contributed by atoms with van der Waals surface area (Å²) >= 11 is 0. The van der Waals surface area contributed by atoms with Crippen LogP contribution in [-0.2, 0) is 10.0 Å². The minimum absolute atomic E-state index is 0.138. The fourth-order valence-electron chi connectivity index (χ4n) is 1.05. The molecule has 0 aliphatic heterocycles. The van der Waals surface area contributed by atoms with Crippen LogP contribution in [0.5, 0.6) is 0 Å². The van der Waals surface area contributed by atoms with E-state index in [-0.39, 0.29) is 4.90 Å². The number of nitrogens with two attached hydrogens (primary N) is 1. The number of hydrogen-bond acceptors (Lipinski definition) is 3. The number of hydrogen-bond donors (Lipinski definition) is 2. The highest BCUT2D eigenvalue weighted by atomic mass is 32.2. The van der Waals surface area contributed by atoms with Gasteiger partial charge in [-0.3, -0.25) is 0 Å². The van der Waals surface area contributed by atoms with Crippen LogP contribution in [0.2, 0.25) is 0 Å². The second-order valence-electron chi connectivity index (χ2n) is 3.00. The maximum Gasteiger partial charge on any atom is 0.238 e. The van der Waals surface area contributed by atoms with E-state index in [4.69, 9.17) is 5.14 Å². The molecule has 0 fully saturated rings. The van der Waals surface area contributed by atoms with Crippen LogP contribution in [-0.4, -0.2) is 15.0 Å². The van der Waals surface area contributed by atoms with Crippen molar-refractivity contribution in [2.24, 2.45) is 5.14 Å². The molecule has 4 nitrogen and oxygen atoms in total. The molecule has 1 aromatic carbocycles. The molecule has 5 heteroatoms. The van der Waals surface area contributed by atoms with Gasteiger partial charge in [-0.15, -0.1) is 0 Å². The van der Waals surface area contributed by atoms with Gasteiger partial charge in [-0.2, -0.15) is 0 Å². The topological polar surface area (TPSA) is 72.2 Å². The predicted octanol–water partition coefficient (Wildman–Crippen LogP) is 1.16. The number of primary sulfonamides is 1. The van der Waals surface area contributed by atoms with Crippen molar-refractivity contribution in [2.75, 3.05) is 11.9 Å². The zero-order chi connectivity index (χ0) is 10.6. The average Bonchev–Trinajstić information content (AvgIpc) is 2.14. The zero-order valence-electron chi connectivity index (χ0n) is 8.03. The molecule has 1 aromatic rings. The molecular weight excluding hydrogens is 200 g/mol. The summed E-state index contributed by atoms with van der Waals surface area (Å²) in [5.74, 6) is 0. The SMILES string of the molecule is CCCNc1cccc(S(N)(=O)=O)c1. The maximum absolute atomic E-state index is 11.0. The van der Waals surface area contributed by atoms with Crippen LogP contribution in [0.15, 0.2) is 29.2 Å². The fraction of sp³-hybridized carbons (Fsp3) is 0.333. The lowest BCUT2D eigenvalue weighted by Crippen LogP contribution is -2.12. The lowest BCUT2D eigenvalue weighted by molar-refractivity contribution is 0.598. The predicted molar refractivity (Wildman–Crippen MR) is 56.6 cm³/mol. The number of rotatable bonds is 4. The Labute approximate surface area is 84.2 Å². The molecule has 1 rings (SSSR count). The van der Waals surface area contributed by atoms with E-state index in [2.05, 4.69) is 5.32 Å². The number of nitrogens with one attached hydrogen (secondary N) is 1. The molecule has 0 aliphatic carbocycles. The minimum atomic E-state index is -3.59. The van der Waals surface area contributed by atoms with Gasteiger partial charge in [0.2, 0.25) is 10.0 Å². The van der Waals surface area contributed by atoms with Gasteiger partial charge in [0.15, 0.2) is 0 Å². The third-order valence-corrected chi connectivity index (χ3v) is 2.65. The van der Waals surface area contributed by atoms with Crippen molar-refractivity contribution in [3.63, 3.8) is 0 Å². The normalized spacial score (nSPS) is 11.3. The van der Waals surface area contributed by atoms with Crippen LogP contribution >= 0.6 is 0 Å². The van der Waals surface area contributed by atoms with Crippen molar-refractivity contribution in [1.29, 1.82) is 0 Å². The largest absolute Gasteiger partial charge is 0.385 e. The highest BCUT2D eigenvalue weighted by molar-refractivity contribution is 7.89. The summed E-state index contributed by atoms with van der Waals surface area (Å²) in [6.07, 6.45) is 0.986. The number of anilines is 1. The van der Waals surface area contributed by atoms with E-state index in [1.165, 1.54) is 12.1 Å². The molecule has 0 unspecified atom stereocenters. The molecule has 14 heavy (non-hydrogen) atoms. The van der Waals surface area contributed by atoms with Gasteiger partial charge in [0.25, 0.3) is 0 Å². The van der Waals surface area contributed by atoms with Gasteiger partial charge in [-0.05, 0) is 24.6 Å². The summed E-state index contributed by atoms with van der Waals surface area (Å²) in [5.41, 5.74) is 0.776. The van der Waals surface area contributed by atoms with Crippen LogP contribution in [0.1, 0.15) is 13.3 Å². The average molecular weight is 214 g/mol. The molecule has 0 aliphatic rings. The fourth-order valence-corrected chi connectivity index (χ4v) is 1.61. The Morgan fingerprint density at radius 2 is 2.14 bits per heavy atom. The molecule has 0 saturated carbocycles. The second kappa shape index (κ2) is 4.43. The number of sulfonamides is 1. The third-order valence-electron chi connectivity index (χ3n) is 1.74. The number of benzene rings is 1. The first-order valence-electron chi connectivity index (χ1n) is 4.41. The summed E-state index contributed by atoms with van der Waals surface area (Å²) < 4.78 is 22.0. The molecule has 0 atom stereocenters. The van der Waals surface area contributed by atoms with Crippen LogP contribution < -0.4 is 10.5 Å². The van der Waals surface area contributed by atoms with Crippen molar-refractivity contribution in [2.45, 2.75) is 18.2 Å². The quantitative estimate of drug-likeness (QED) is 0.789. The highest BCUT2D eigenvalue weighted by Crippen LogP contribution is 2.13. The van der Waals surface area contributed by atoms with E-state index in [0.29, 0.717) is 0 Å². The van der Waals surface area contributed by atoms with Gasteiger partial charge in [-0.1, -0.05) is 13.0 Å². The first kappa shape index (κ1) is 11.0. The Morgan fingerprint density at radius 1 is 1.43 bits per heavy atom. The van der Waals surface area contributed by atoms with Gasteiger partial charge in [0.1, 0.15) is 0 Å². The molecule has 78 valence electrons. The van der Waals surface area contributed by atoms with Crippen LogP contribution in [0, 0.1) is 0 Å². The van der Waals surface area contributed by atoms with E-state index in [1.54, 1.807) is 6.07 Å². The molecular formula is C9H14N2O2S. The van der Waals surface area contributed by atoms with Crippen molar-refractivity contribution in [3.05, 3.63) is 24.3 Å². The Hall–Kier alpha value is -1.07. The van der Waals surface area contributed by atoms with E-state index >= 15 is 0 Å². The summed E-state index contributed by atoms with van der Waals surface area (Å²) in [6, 6.07) is 6.49. The van der Waals surface area contributed by atoms with Gasteiger partial charge < -0.3 is 5.32 Å². The first-order valence-corrected chi connectivity index (χ1v) is 5.95. The van der Waals surface area contributed by atoms with Crippen LogP contribution in [0.4, 0.5) is 5.69 Å². The molecule has 0 radical (unpaired) electrons. The summed E-state index contributed by atoms with van der Waals surface area (Å²) in [7, 11) is -3.59. The van der Waals surface area contributed by atoms with Crippen molar-refractivity contribution in [3.8, 4) is 0 Å². The van der Waals surface area contributed by atoms with Gasteiger partial charge in [0.05, 0.1) is 4.90 Å². The van der Waals surface area contributed by atoms with Crippen molar-refractivity contribution in [1.82, 2.24) is 0 Å². The first-order chi connectivity index (χ1) is 6.54. The van der Waals surface area contributed by atoms with Gasteiger partial charge >= 0.3 is 0 Å². The van der Waals surface area contributed by atoms with E-state index in [0.717, 1.165) is 18.7 Å². The molecule has 0 bridgehead atoms. The van der Waals surface area contributed by atoms with Crippen LogP contribution in [0.3, 0.4) is 0 Å². The maximum atomic E-state index is 11.0. The Kier molecular flexibility index (Phi) is 3.49. The Morgan fingerprint density at radius 3 is 2.71 bits per heavy atom. The lowest BCUT2D eigenvalue weighted by Gasteiger charge is -2.05. The van der Waals surface area contributed by atoms with Gasteiger partial charge in [0, 0.05) is 12.2 Å². The van der Waals surface area contributed by atoms with Crippen molar-refractivity contribution >= 4 is 15.7 Å². The minimum Gasteiger partial charge on any atom is -0.385 e. The lowest BCUT2D eigenvalue weighted by atomic mass is 10.3. The highest BCUT2D eigenvalue weighted by Gasteiger charge is 2.06. The molecule has 0 spiro atoms. The van der Waals surface area contributed by atoms with E-state index < -0.39 is 10.0 Å². The zero-order valence-corrected chi connectivity index (χ0v) is 8.84. The van der Waals surface area contributed by atoms with Gasteiger partial charge in [-0.25, -0.2) is 13.6 Å². The Balaban J connectivity index is 2.90. The van der Waals surface area contributed by atoms with E-state index in [1.807, 2.05) is 13.0 Å². The molecule has 3 N–H and O–H groups in total. The smallest absolute Gasteiger partial charge is 0.238 e. The molecule has 0 heterocycles. The van der Waals surface area contributed by atoms with Crippen molar-refractivity contribution < 1.29 is 8.42 Å². The summed E-state index contributed by atoms with van der Waals surface area (Å²) in [6.45, 7) is 2.85. The Bertz CT molecular complexity index is 401.